The van der Waals surface area contributed by atoms with E-state index in [1.54, 1.807) is 0 Å². The average Bonchev–Trinajstić information content (AvgIpc) is 2.35. The van der Waals surface area contributed by atoms with Gasteiger partial charge in [-0.2, -0.15) is 0 Å². The van der Waals surface area contributed by atoms with Crippen molar-refractivity contribution in [2.75, 3.05) is 13.2 Å². The summed E-state index contributed by atoms with van der Waals surface area (Å²) in [4.78, 5) is 0. The predicted octanol–water partition coefficient (Wildman–Crippen LogP) is 4.57. The highest BCUT2D eigenvalue weighted by molar-refractivity contribution is 4.59. The summed E-state index contributed by atoms with van der Waals surface area (Å²) in [5.41, 5.74) is 0. The van der Waals surface area contributed by atoms with Crippen molar-refractivity contribution in [1.29, 1.82) is 0 Å². The van der Waals surface area contributed by atoms with Crippen molar-refractivity contribution in [2.45, 2.75) is 84.8 Å². The third kappa shape index (κ3) is 9.61. The second kappa shape index (κ2) is 12.4. The molecule has 0 aromatic carbocycles. The first-order chi connectivity index (χ1) is 8.28. The maximum atomic E-state index is 5.65. The first-order valence-electron chi connectivity index (χ1n) is 7.51. The van der Waals surface area contributed by atoms with Crippen molar-refractivity contribution in [1.82, 2.24) is 0 Å². The first-order valence-corrected chi connectivity index (χ1v) is 7.51. The van der Waals surface area contributed by atoms with Gasteiger partial charge in [0.05, 0.1) is 12.2 Å². The fourth-order valence-corrected chi connectivity index (χ4v) is 2.20. The van der Waals surface area contributed by atoms with Gasteiger partial charge in [-0.05, 0) is 39.5 Å². The Labute approximate surface area is 108 Å². The van der Waals surface area contributed by atoms with E-state index < -0.39 is 0 Å². The molecule has 0 aliphatic rings. The monoisotopic (exact) mass is 244 g/mol. The van der Waals surface area contributed by atoms with Gasteiger partial charge in [0, 0.05) is 13.2 Å². The zero-order valence-corrected chi connectivity index (χ0v) is 12.3. The zero-order chi connectivity index (χ0) is 12.9. The van der Waals surface area contributed by atoms with Gasteiger partial charge in [0.15, 0.2) is 0 Å². The van der Waals surface area contributed by atoms with Gasteiger partial charge >= 0.3 is 0 Å². The van der Waals surface area contributed by atoms with Crippen molar-refractivity contribution >= 4 is 0 Å². The van der Waals surface area contributed by atoms with Gasteiger partial charge in [-0.1, -0.05) is 33.1 Å². The van der Waals surface area contributed by atoms with Crippen molar-refractivity contribution in [3.8, 4) is 0 Å². The van der Waals surface area contributed by atoms with E-state index in [0.717, 1.165) is 26.1 Å². The standard InChI is InChI=1S/C15H32O2/c1-5-14(16-7-3)12-10-9-11-13-15(6-2)17-8-4/h14-15H,5-13H2,1-4H3. The molecule has 104 valence electrons. The summed E-state index contributed by atoms with van der Waals surface area (Å²) in [6, 6.07) is 0. The van der Waals surface area contributed by atoms with Crippen LogP contribution < -0.4 is 0 Å². The summed E-state index contributed by atoms with van der Waals surface area (Å²) in [7, 11) is 0. The van der Waals surface area contributed by atoms with Crippen molar-refractivity contribution in [3.05, 3.63) is 0 Å². The summed E-state index contributed by atoms with van der Waals surface area (Å²) in [5.74, 6) is 0. The summed E-state index contributed by atoms with van der Waals surface area (Å²) >= 11 is 0. The quantitative estimate of drug-likeness (QED) is 0.468. The summed E-state index contributed by atoms with van der Waals surface area (Å²) in [6.07, 6.45) is 9.58. The molecule has 17 heavy (non-hydrogen) atoms. The van der Waals surface area contributed by atoms with Gasteiger partial charge in [0.1, 0.15) is 0 Å². The van der Waals surface area contributed by atoms with Crippen molar-refractivity contribution < 1.29 is 9.47 Å². The molecule has 0 heterocycles. The Morgan fingerprint density at radius 1 is 0.647 bits per heavy atom. The molecule has 0 aliphatic heterocycles. The van der Waals surface area contributed by atoms with Crippen LogP contribution in [-0.2, 0) is 9.47 Å². The average molecular weight is 244 g/mol. The molecular formula is C15H32O2. The smallest absolute Gasteiger partial charge is 0.0572 e. The molecule has 0 radical (unpaired) electrons. The van der Waals surface area contributed by atoms with E-state index in [4.69, 9.17) is 9.47 Å². The highest BCUT2D eigenvalue weighted by Crippen LogP contribution is 2.14. The van der Waals surface area contributed by atoms with Crippen LogP contribution in [0, 0.1) is 0 Å². The molecule has 0 N–H and O–H groups in total. The predicted molar refractivity (Wildman–Crippen MR) is 74.5 cm³/mol. The lowest BCUT2D eigenvalue weighted by molar-refractivity contribution is 0.0473. The Hall–Kier alpha value is -0.0800. The molecule has 2 atom stereocenters. The lowest BCUT2D eigenvalue weighted by atomic mass is 10.0. The van der Waals surface area contributed by atoms with Gasteiger partial charge in [-0.15, -0.1) is 0 Å². The van der Waals surface area contributed by atoms with E-state index >= 15 is 0 Å². The highest BCUT2D eigenvalue weighted by Gasteiger charge is 2.07. The molecule has 0 spiro atoms. The molecular weight excluding hydrogens is 212 g/mol. The van der Waals surface area contributed by atoms with Gasteiger partial charge in [0.25, 0.3) is 0 Å². The lowest BCUT2D eigenvalue weighted by Gasteiger charge is -2.16. The molecule has 2 nitrogen and oxygen atoms in total. The topological polar surface area (TPSA) is 18.5 Å². The van der Waals surface area contributed by atoms with Gasteiger partial charge in [-0.25, -0.2) is 0 Å². The maximum absolute atomic E-state index is 5.65. The summed E-state index contributed by atoms with van der Waals surface area (Å²) < 4.78 is 11.3. The highest BCUT2D eigenvalue weighted by atomic mass is 16.5. The minimum absolute atomic E-state index is 0.480. The molecule has 0 rings (SSSR count). The van der Waals surface area contributed by atoms with Crippen LogP contribution in [0.25, 0.3) is 0 Å². The van der Waals surface area contributed by atoms with E-state index in [1.165, 1.54) is 32.1 Å². The van der Waals surface area contributed by atoms with Crippen LogP contribution in [0.5, 0.6) is 0 Å². The maximum Gasteiger partial charge on any atom is 0.0572 e. The van der Waals surface area contributed by atoms with Crippen molar-refractivity contribution in [3.63, 3.8) is 0 Å². The minimum Gasteiger partial charge on any atom is -0.379 e. The fourth-order valence-electron chi connectivity index (χ4n) is 2.20. The van der Waals surface area contributed by atoms with Crippen LogP contribution in [0.2, 0.25) is 0 Å². The Morgan fingerprint density at radius 2 is 1.06 bits per heavy atom. The van der Waals surface area contributed by atoms with Crippen LogP contribution >= 0.6 is 0 Å². The van der Waals surface area contributed by atoms with E-state index in [0.29, 0.717) is 12.2 Å². The summed E-state index contributed by atoms with van der Waals surface area (Å²) in [5, 5.41) is 0. The van der Waals surface area contributed by atoms with Crippen LogP contribution in [0.3, 0.4) is 0 Å². The molecule has 0 aliphatic carbocycles. The third-order valence-electron chi connectivity index (χ3n) is 3.27. The Bertz CT molecular complexity index is 132. The van der Waals surface area contributed by atoms with Crippen LogP contribution in [0.1, 0.15) is 72.6 Å². The first kappa shape index (κ1) is 16.9. The molecule has 0 amide bonds. The SMILES string of the molecule is CCOC(CC)CCCCCC(CC)OCC. The van der Waals surface area contributed by atoms with Crippen LogP contribution in [0.4, 0.5) is 0 Å². The largest absolute Gasteiger partial charge is 0.379 e. The zero-order valence-electron chi connectivity index (χ0n) is 12.3. The van der Waals surface area contributed by atoms with Gasteiger partial charge in [-0.3, -0.25) is 0 Å². The van der Waals surface area contributed by atoms with E-state index in [2.05, 4.69) is 27.7 Å². The molecule has 0 saturated heterocycles. The third-order valence-corrected chi connectivity index (χ3v) is 3.27. The number of rotatable bonds is 12. The van der Waals surface area contributed by atoms with E-state index in [9.17, 15) is 0 Å². The molecule has 0 bridgehead atoms. The number of unbranched alkanes of at least 4 members (excludes halogenated alkanes) is 2. The Balaban J connectivity index is 3.43. The molecule has 2 unspecified atom stereocenters. The second-order valence-electron chi connectivity index (χ2n) is 4.61. The van der Waals surface area contributed by atoms with E-state index in [1.807, 2.05) is 0 Å². The van der Waals surface area contributed by atoms with Crippen LogP contribution in [-0.4, -0.2) is 25.4 Å². The molecule has 2 heteroatoms. The molecule has 0 fully saturated rings. The number of hydrogen-bond donors (Lipinski definition) is 0. The summed E-state index contributed by atoms with van der Waals surface area (Å²) in [6.45, 7) is 10.3. The van der Waals surface area contributed by atoms with Crippen molar-refractivity contribution in [2.24, 2.45) is 0 Å². The van der Waals surface area contributed by atoms with Gasteiger partial charge < -0.3 is 9.47 Å². The fraction of sp³-hybridized carbons (Fsp3) is 1.00. The molecule has 0 aromatic heterocycles. The molecule has 0 aromatic rings. The lowest BCUT2D eigenvalue weighted by Crippen LogP contribution is -2.12. The number of hydrogen-bond acceptors (Lipinski definition) is 2. The van der Waals surface area contributed by atoms with E-state index in [-0.39, 0.29) is 0 Å². The molecule has 0 saturated carbocycles. The van der Waals surface area contributed by atoms with Gasteiger partial charge in [0.2, 0.25) is 0 Å². The Morgan fingerprint density at radius 3 is 1.35 bits per heavy atom. The minimum atomic E-state index is 0.480. The van der Waals surface area contributed by atoms with Crippen LogP contribution in [0.15, 0.2) is 0 Å². The normalized spacial score (nSPS) is 14.8. The number of ether oxygens (including phenoxy) is 2. The second-order valence-corrected chi connectivity index (χ2v) is 4.61. The Kier molecular flexibility index (Phi) is 12.3.